The second kappa shape index (κ2) is 16.0. The molecule has 6 heteroatoms. The first-order chi connectivity index (χ1) is 30.7. The minimum atomic E-state index is -0.182. The fourth-order valence-corrected chi connectivity index (χ4v) is 8.44. The molecule has 3 heterocycles. The predicted molar refractivity (Wildman–Crippen MR) is 268 cm³/mol. The van der Waals surface area contributed by atoms with E-state index >= 15 is 0 Å². The summed E-state index contributed by atoms with van der Waals surface area (Å²) in [5, 5.41) is 7.59. The van der Waals surface area contributed by atoms with Crippen molar-refractivity contribution in [2.24, 2.45) is 0 Å². The van der Waals surface area contributed by atoms with E-state index in [0.29, 0.717) is 0 Å². The normalized spacial score (nSPS) is 12.6. The number of hydrogen-bond acceptors (Lipinski definition) is 3. The Bertz CT molecular complexity index is 3170. The van der Waals surface area contributed by atoms with Crippen LogP contribution in [0.25, 0.3) is 61.5 Å². The van der Waals surface area contributed by atoms with E-state index in [2.05, 4.69) is 238 Å². The van der Waals surface area contributed by atoms with Crippen molar-refractivity contribution in [2.45, 2.75) is 105 Å². The van der Waals surface area contributed by atoms with Crippen LogP contribution in [0.4, 0.5) is 0 Å². The predicted octanol–water partition coefficient (Wildman–Crippen LogP) is 14.8. The van der Waals surface area contributed by atoms with Gasteiger partial charge in [-0.3, -0.25) is 4.57 Å². The monoisotopic (exact) mass is 855 g/mol. The van der Waals surface area contributed by atoms with Crippen molar-refractivity contribution < 1.29 is 9.30 Å². The fourth-order valence-electron chi connectivity index (χ4n) is 8.44. The highest BCUT2D eigenvalue weighted by Gasteiger charge is 2.25. The van der Waals surface area contributed by atoms with Crippen molar-refractivity contribution in [1.82, 2.24) is 19.3 Å². The van der Waals surface area contributed by atoms with E-state index in [4.69, 9.17) is 14.8 Å². The third-order valence-electron chi connectivity index (χ3n) is 12.5. The standard InChI is InChI=1S/C59H61N5O/c1-56(2,3)42-27-28-60-54(35-42)64-52-26-23-41(39-19-15-13-16-20-39)29-51(52)50-25-24-48(37-53(50)64)65-49-34-45(59(10,11)12)33-47(36-49)63-38-62(55(61-63)40-21-17-14-18-22-40)46-31-43(57(4,5)6)30-44(32-46)58(7,8)9/h13-37H,1-12H3. The average molecular weight is 856 g/mol. The molecule has 9 aromatic rings. The molecule has 0 spiro atoms. The first kappa shape index (κ1) is 43.5. The van der Waals surface area contributed by atoms with Crippen LogP contribution in [-0.4, -0.2) is 19.3 Å². The third kappa shape index (κ3) is 8.75. The largest absolute Gasteiger partial charge is 0.458 e. The summed E-state index contributed by atoms with van der Waals surface area (Å²) < 4.78 is 13.2. The van der Waals surface area contributed by atoms with E-state index in [1.54, 1.807) is 0 Å². The zero-order valence-corrected chi connectivity index (χ0v) is 40.1. The van der Waals surface area contributed by atoms with E-state index in [1.807, 2.05) is 16.9 Å². The number of pyridine rings is 1. The van der Waals surface area contributed by atoms with Gasteiger partial charge in [-0.1, -0.05) is 174 Å². The molecule has 0 saturated heterocycles. The minimum Gasteiger partial charge on any atom is -0.458 e. The van der Waals surface area contributed by atoms with Gasteiger partial charge in [0.1, 0.15) is 17.3 Å². The van der Waals surface area contributed by atoms with Crippen molar-refractivity contribution in [1.29, 1.82) is 0 Å². The Balaban J connectivity index is 1.20. The smallest absolute Gasteiger partial charge is 0.231 e. The molecule has 65 heavy (non-hydrogen) atoms. The van der Waals surface area contributed by atoms with Crippen molar-refractivity contribution in [3.8, 4) is 51.2 Å². The molecule has 0 aliphatic carbocycles. The summed E-state index contributed by atoms with van der Waals surface area (Å²) >= 11 is 0. The van der Waals surface area contributed by atoms with Crippen molar-refractivity contribution >= 4 is 21.8 Å². The van der Waals surface area contributed by atoms with Gasteiger partial charge in [-0.15, -0.1) is 0 Å². The first-order valence-corrected chi connectivity index (χ1v) is 22.8. The second-order valence-corrected chi connectivity index (χ2v) is 21.6. The van der Waals surface area contributed by atoms with E-state index in [-0.39, 0.29) is 21.7 Å². The summed E-state index contributed by atoms with van der Waals surface area (Å²) in [6.45, 7) is 27.1. The molecule has 0 amide bonds. The van der Waals surface area contributed by atoms with Gasteiger partial charge in [0.2, 0.25) is 12.2 Å². The molecule has 0 aliphatic rings. The van der Waals surface area contributed by atoms with E-state index in [0.717, 1.165) is 67.4 Å². The molecule has 6 nitrogen and oxygen atoms in total. The Kier molecular flexibility index (Phi) is 10.7. The van der Waals surface area contributed by atoms with Crippen LogP contribution in [-0.2, 0) is 21.7 Å². The molecule has 0 radical (unpaired) electrons. The van der Waals surface area contributed by atoms with E-state index in [9.17, 15) is 0 Å². The van der Waals surface area contributed by atoms with Crippen LogP contribution in [0.1, 0.15) is 105 Å². The summed E-state index contributed by atoms with van der Waals surface area (Å²) in [5.41, 5.74) is 11.9. The molecule has 0 unspecified atom stereocenters. The summed E-state index contributed by atoms with van der Waals surface area (Å²) in [5.74, 6) is 3.12. The Morgan fingerprint density at radius 2 is 1.09 bits per heavy atom. The van der Waals surface area contributed by atoms with Crippen molar-refractivity contribution in [2.75, 3.05) is 0 Å². The number of benzene rings is 6. The summed E-state index contributed by atoms with van der Waals surface area (Å²) in [7, 11) is 0. The lowest BCUT2D eigenvalue weighted by atomic mass is 9.80. The van der Waals surface area contributed by atoms with Gasteiger partial charge in [0.25, 0.3) is 0 Å². The van der Waals surface area contributed by atoms with Gasteiger partial charge in [-0.25, -0.2) is 4.98 Å². The summed E-state index contributed by atoms with van der Waals surface area (Å²) in [4.78, 5) is 4.97. The zero-order chi connectivity index (χ0) is 46.1. The van der Waals surface area contributed by atoms with E-state index < -0.39 is 0 Å². The lowest BCUT2D eigenvalue weighted by Gasteiger charge is -2.27. The molecule has 0 fully saturated rings. The summed E-state index contributed by atoms with van der Waals surface area (Å²) in [6, 6.07) is 51.8. The molecular formula is C59H61N5O. The molecule has 9 rings (SSSR count). The van der Waals surface area contributed by atoms with Crippen LogP contribution in [0.3, 0.4) is 0 Å². The van der Waals surface area contributed by atoms with Gasteiger partial charge in [0.05, 0.1) is 16.7 Å². The number of aromatic nitrogens is 5. The Labute approximate surface area is 385 Å². The Morgan fingerprint density at radius 1 is 0.477 bits per heavy atom. The number of hydrogen-bond donors (Lipinski definition) is 0. The van der Waals surface area contributed by atoms with E-state index in [1.165, 1.54) is 27.8 Å². The highest BCUT2D eigenvalue weighted by Crippen LogP contribution is 2.39. The molecule has 6 aromatic carbocycles. The quantitative estimate of drug-likeness (QED) is 0.119. The number of nitrogens with zero attached hydrogens (tertiary/aromatic N) is 5. The molecule has 0 bridgehead atoms. The first-order valence-electron chi connectivity index (χ1n) is 22.8. The van der Waals surface area contributed by atoms with Gasteiger partial charge < -0.3 is 9.30 Å². The Hall–Kier alpha value is -6.79. The molecule has 0 N–H and O–H groups in total. The molecule has 3 aromatic heterocycles. The maximum Gasteiger partial charge on any atom is 0.231 e. The molecular weight excluding hydrogens is 795 g/mol. The molecule has 0 saturated carbocycles. The zero-order valence-electron chi connectivity index (χ0n) is 40.1. The maximum atomic E-state index is 6.96. The van der Waals surface area contributed by atoms with Crippen LogP contribution in [0.2, 0.25) is 0 Å². The van der Waals surface area contributed by atoms with Gasteiger partial charge >= 0.3 is 0 Å². The van der Waals surface area contributed by atoms with Crippen LogP contribution < -0.4 is 9.30 Å². The second-order valence-electron chi connectivity index (χ2n) is 21.6. The Morgan fingerprint density at radius 3 is 1.72 bits per heavy atom. The highest BCUT2D eigenvalue weighted by atomic mass is 16.5. The topological polar surface area (TPSA) is 48.8 Å². The fraction of sp³-hybridized carbons (Fsp3) is 0.271. The van der Waals surface area contributed by atoms with Crippen molar-refractivity contribution in [3.05, 3.63) is 180 Å². The third-order valence-corrected chi connectivity index (χ3v) is 12.5. The van der Waals surface area contributed by atoms with Gasteiger partial charge in [-0.2, -0.15) is 4.68 Å². The number of rotatable bonds is 7. The highest BCUT2D eigenvalue weighted by molar-refractivity contribution is 6.10. The number of ether oxygens (including phenoxy) is 1. The van der Waals surface area contributed by atoms with Crippen LogP contribution in [0.15, 0.2) is 152 Å². The minimum absolute atomic E-state index is 0.0417. The average Bonchev–Trinajstić information content (AvgIpc) is 3.86. The maximum absolute atomic E-state index is 6.96. The number of fused-ring (bicyclic) bond motifs is 3. The van der Waals surface area contributed by atoms with Crippen LogP contribution in [0.5, 0.6) is 11.5 Å². The van der Waals surface area contributed by atoms with Crippen LogP contribution >= 0.6 is 0 Å². The van der Waals surface area contributed by atoms with Gasteiger partial charge in [0.15, 0.2) is 0 Å². The molecule has 0 aliphatic heterocycles. The SMILES string of the molecule is CC(C)(C)c1cc(Oc2ccc3c4cc(-c5ccccc5)ccc4n(-c4cc(C(C)(C)C)ccn4)c3c2)cc(-n2[c-][n+](-c3cc(C(C)(C)C)cc(C(C)(C)C)c3)c(-c3ccccc3)n2)c1. The van der Waals surface area contributed by atoms with Crippen LogP contribution in [0, 0.1) is 6.33 Å². The molecule has 328 valence electrons. The summed E-state index contributed by atoms with van der Waals surface area (Å²) in [6.07, 6.45) is 5.62. The lowest BCUT2D eigenvalue weighted by molar-refractivity contribution is -0.589. The lowest BCUT2D eigenvalue weighted by Crippen LogP contribution is -2.33. The van der Waals surface area contributed by atoms with Gasteiger partial charge in [-0.05, 0) is 109 Å². The van der Waals surface area contributed by atoms with Gasteiger partial charge in [0, 0.05) is 34.3 Å². The van der Waals surface area contributed by atoms with Crippen molar-refractivity contribution in [3.63, 3.8) is 0 Å². The molecule has 0 atom stereocenters.